The fourth-order valence-electron chi connectivity index (χ4n) is 5.07. The summed E-state index contributed by atoms with van der Waals surface area (Å²) in [6.07, 6.45) is 4.10. The maximum Gasteiger partial charge on any atom is 0.270 e. The monoisotopic (exact) mass is 491 g/mol. The summed E-state index contributed by atoms with van der Waals surface area (Å²) in [5.74, 6) is 0.636. The zero-order valence-electron chi connectivity index (χ0n) is 21.7. The predicted octanol–water partition coefficient (Wildman–Crippen LogP) is 6.27. The highest BCUT2D eigenvalue weighted by Gasteiger charge is 2.25. The molecule has 5 nitrogen and oxygen atoms in total. The lowest BCUT2D eigenvalue weighted by molar-refractivity contribution is 0.0787. The van der Waals surface area contributed by atoms with E-state index in [1.807, 2.05) is 11.0 Å². The van der Waals surface area contributed by atoms with Crippen molar-refractivity contribution in [3.8, 4) is 0 Å². The van der Waals surface area contributed by atoms with Crippen molar-refractivity contribution >= 4 is 22.6 Å². The molecule has 2 aliphatic rings. The number of carbonyl (C=O) groups excluding carboxylic acids is 2. The number of Topliss-reactive ketones (excluding diaryl/α,β-unsaturated/α-hetero) is 1. The molecule has 5 rings (SSSR count). The van der Waals surface area contributed by atoms with Crippen molar-refractivity contribution < 1.29 is 14.0 Å². The Morgan fingerprint density at radius 1 is 0.972 bits per heavy atom. The number of likely N-dealkylation sites (tertiary alicyclic amines) is 2. The Labute approximate surface area is 213 Å². The normalized spacial score (nSPS) is 16.9. The Hall–Kier alpha value is -2.99. The van der Waals surface area contributed by atoms with E-state index < -0.39 is 0 Å². The highest BCUT2D eigenvalue weighted by atomic mass is 19.1. The lowest BCUT2D eigenvalue weighted by Crippen LogP contribution is -2.36. The number of nitrogens with zero attached hydrogens (tertiary/aromatic N) is 2. The van der Waals surface area contributed by atoms with Gasteiger partial charge in [-0.2, -0.15) is 0 Å². The summed E-state index contributed by atoms with van der Waals surface area (Å²) in [6, 6.07) is 14.3. The number of ketones is 1. The Morgan fingerprint density at radius 3 is 2.25 bits per heavy atom. The molecule has 192 valence electrons. The van der Waals surface area contributed by atoms with Gasteiger partial charge in [0.05, 0.1) is 0 Å². The maximum atomic E-state index is 12.8. The summed E-state index contributed by atoms with van der Waals surface area (Å²) < 4.78 is 12.8. The van der Waals surface area contributed by atoms with E-state index in [-0.39, 0.29) is 23.4 Å². The summed E-state index contributed by atoms with van der Waals surface area (Å²) in [4.78, 5) is 32.1. The van der Waals surface area contributed by atoms with Crippen LogP contribution in [0.4, 0.5) is 4.39 Å². The number of aromatic amines is 1. The first-order valence-electron chi connectivity index (χ1n) is 13.3. The van der Waals surface area contributed by atoms with Crippen LogP contribution in [0, 0.1) is 11.7 Å². The van der Waals surface area contributed by atoms with Crippen molar-refractivity contribution in [3.05, 3.63) is 71.2 Å². The summed E-state index contributed by atoms with van der Waals surface area (Å²) in [5.41, 5.74) is 3.72. The van der Waals surface area contributed by atoms with Crippen LogP contribution in [-0.4, -0.2) is 59.2 Å². The van der Waals surface area contributed by atoms with Gasteiger partial charge in [-0.05, 0) is 93.2 Å². The Bertz CT molecular complexity index is 1170. The summed E-state index contributed by atoms with van der Waals surface area (Å²) in [6.45, 7) is 11.3. The van der Waals surface area contributed by atoms with Crippen LogP contribution >= 0.6 is 0 Å². The summed E-state index contributed by atoms with van der Waals surface area (Å²) in [7, 11) is 0. The van der Waals surface area contributed by atoms with E-state index in [2.05, 4.69) is 48.9 Å². The standard InChI is InChI=1S/C16H20N2O.C14H18FNO/c1-11(2)12-5-6-13-10-15(17-14(13)9-12)16(19)18-7-3-4-8-18;1-2-16-9-7-12(8-10-16)14(17)11-3-5-13(15)6-4-11/h5-6,9-11,17H,3-4,7-8H2,1-2H3;3-6,12H,2,7-10H2,1H3. The fraction of sp³-hybridized carbons (Fsp3) is 0.467. The van der Waals surface area contributed by atoms with Crippen LogP contribution < -0.4 is 0 Å². The van der Waals surface area contributed by atoms with Crippen molar-refractivity contribution in [1.29, 1.82) is 0 Å². The van der Waals surface area contributed by atoms with Gasteiger partial charge in [-0.25, -0.2) is 4.39 Å². The minimum atomic E-state index is -0.289. The van der Waals surface area contributed by atoms with E-state index in [9.17, 15) is 14.0 Å². The fourth-order valence-corrected chi connectivity index (χ4v) is 5.07. The molecule has 2 fully saturated rings. The van der Waals surface area contributed by atoms with Crippen LogP contribution in [-0.2, 0) is 0 Å². The van der Waals surface area contributed by atoms with E-state index in [0.717, 1.165) is 75.0 Å². The summed E-state index contributed by atoms with van der Waals surface area (Å²) in [5, 5.41) is 1.12. The number of halogens is 1. The van der Waals surface area contributed by atoms with E-state index in [1.165, 1.54) is 17.7 Å². The van der Waals surface area contributed by atoms with Crippen LogP contribution in [0.15, 0.2) is 48.5 Å². The SMILES string of the molecule is CC(C)c1ccc2cc(C(=O)N3CCCC3)[nH]c2c1.CCN1CCC(C(=O)c2ccc(F)cc2)CC1. The molecule has 0 radical (unpaired) electrons. The second-order valence-corrected chi connectivity index (χ2v) is 10.3. The molecule has 2 aromatic carbocycles. The molecular formula is C30H38FN3O2. The van der Waals surface area contributed by atoms with Crippen LogP contribution in [0.1, 0.15) is 78.8 Å². The Balaban J connectivity index is 0.000000170. The van der Waals surface area contributed by atoms with Crippen LogP contribution in [0.25, 0.3) is 10.9 Å². The average molecular weight is 492 g/mol. The van der Waals surface area contributed by atoms with E-state index in [0.29, 0.717) is 11.5 Å². The minimum Gasteiger partial charge on any atom is -0.351 e. The molecule has 0 atom stereocenters. The van der Waals surface area contributed by atoms with Gasteiger partial charge in [-0.15, -0.1) is 0 Å². The Kier molecular flexibility index (Phi) is 8.57. The van der Waals surface area contributed by atoms with Gasteiger partial charge >= 0.3 is 0 Å². The zero-order chi connectivity index (χ0) is 25.7. The number of benzene rings is 2. The molecule has 0 saturated carbocycles. The third-order valence-corrected chi connectivity index (χ3v) is 7.47. The predicted molar refractivity (Wildman–Crippen MR) is 143 cm³/mol. The molecule has 2 saturated heterocycles. The lowest BCUT2D eigenvalue weighted by atomic mass is 9.89. The lowest BCUT2D eigenvalue weighted by Gasteiger charge is -2.30. The zero-order valence-corrected chi connectivity index (χ0v) is 21.7. The highest BCUT2D eigenvalue weighted by molar-refractivity contribution is 5.98. The molecule has 1 N–H and O–H groups in total. The summed E-state index contributed by atoms with van der Waals surface area (Å²) >= 11 is 0. The number of nitrogens with one attached hydrogen (secondary N) is 1. The van der Waals surface area contributed by atoms with Crippen molar-refractivity contribution in [2.24, 2.45) is 5.92 Å². The van der Waals surface area contributed by atoms with Gasteiger partial charge in [0.15, 0.2) is 5.78 Å². The number of rotatable bonds is 5. The van der Waals surface area contributed by atoms with Crippen LogP contribution in [0.2, 0.25) is 0 Å². The van der Waals surface area contributed by atoms with Gasteiger partial charge in [0.25, 0.3) is 5.91 Å². The number of hydrogen-bond donors (Lipinski definition) is 1. The van der Waals surface area contributed by atoms with Gasteiger partial charge in [-0.1, -0.05) is 32.9 Å². The van der Waals surface area contributed by atoms with Gasteiger partial charge in [-0.3, -0.25) is 9.59 Å². The molecular weight excluding hydrogens is 453 g/mol. The maximum absolute atomic E-state index is 12.8. The number of carbonyl (C=O) groups is 2. The number of amides is 1. The largest absolute Gasteiger partial charge is 0.351 e. The van der Waals surface area contributed by atoms with E-state index >= 15 is 0 Å². The smallest absolute Gasteiger partial charge is 0.270 e. The van der Waals surface area contributed by atoms with Crippen molar-refractivity contribution in [2.75, 3.05) is 32.7 Å². The molecule has 0 bridgehead atoms. The van der Waals surface area contributed by atoms with Crippen molar-refractivity contribution in [1.82, 2.24) is 14.8 Å². The number of H-pyrrole nitrogens is 1. The number of hydrogen-bond acceptors (Lipinski definition) is 3. The highest BCUT2D eigenvalue weighted by Crippen LogP contribution is 2.24. The van der Waals surface area contributed by atoms with Crippen molar-refractivity contribution in [3.63, 3.8) is 0 Å². The second-order valence-electron chi connectivity index (χ2n) is 10.3. The number of piperidine rings is 1. The molecule has 0 unspecified atom stereocenters. The third-order valence-electron chi connectivity index (χ3n) is 7.47. The topological polar surface area (TPSA) is 56.4 Å². The Morgan fingerprint density at radius 2 is 1.64 bits per heavy atom. The first kappa shape index (κ1) is 26.1. The molecule has 1 aromatic heterocycles. The van der Waals surface area contributed by atoms with Gasteiger partial charge < -0.3 is 14.8 Å². The van der Waals surface area contributed by atoms with Crippen molar-refractivity contribution in [2.45, 2.75) is 52.4 Å². The van der Waals surface area contributed by atoms with E-state index in [4.69, 9.17) is 0 Å². The minimum absolute atomic E-state index is 0.114. The molecule has 0 spiro atoms. The van der Waals surface area contributed by atoms with Gasteiger partial charge in [0, 0.05) is 35.5 Å². The van der Waals surface area contributed by atoms with Crippen LogP contribution in [0.3, 0.4) is 0 Å². The quantitative estimate of drug-likeness (QED) is 0.428. The average Bonchev–Trinajstić information content (AvgIpc) is 3.59. The third kappa shape index (κ3) is 6.22. The first-order valence-corrected chi connectivity index (χ1v) is 13.3. The molecule has 3 aromatic rings. The molecule has 2 aliphatic heterocycles. The van der Waals surface area contributed by atoms with Gasteiger partial charge in [0.1, 0.15) is 11.5 Å². The second kappa shape index (κ2) is 11.8. The molecule has 0 aliphatic carbocycles. The first-order chi connectivity index (χ1) is 17.4. The molecule has 6 heteroatoms. The number of aromatic nitrogens is 1. The molecule has 1 amide bonds. The molecule has 36 heavy (non-hydrogen) atoms. The number of fused-ring (bicyclic) bond motifs is 1. The van der Waals surface area contributed by atoms with Crippen LogP contribution in [0.5, 0.6) is 0 Å². The van der Waals surface area contributed by atoms with E-state index in [1.54, 1.807) is 12.1 Å². The molecule has 3 heterocycles. The van der Waals surface area contributed by atoms with Gasteiger partial charge in [0.2, 0.25) is 0 Å².